The summed E-state index contributed by atoms with van der Waals surface area (Å²) in [5.41, 5.74) is 2.48. The topological polar surface area (TPSA) is 47.4 Å². The second kappa shape index (κ2) is 7.73. The van der Waals surface area contributed by atoms with Crippen molar-refractivity contribution in [3.8, 4) is 0 Å². The molecule has 1 aromatic rings. The van der Waals surface area contributed by atoms with Crippen molar-refractivity contribution in [3.05, 3.63) is 29.6 Å². The SMILES string of the molecule is O=C(CC1=CCCCC1)N1Cc2ccnn2[C@H](CCOCC2CC2)C1. The lowest BCUT2D eigenvalue weighted by Crippen LogP contribution is -2.41. The second-order valence-corrected chi connectivity index (χ2v) is 7.79. The lowest BCUT2D eigenvalue weighted by atomic mass is 9.96. The maximum atomic E-state index is 12.8. The zero-order chi connectivity index (χ0) is 17.1. The molecular weight excluding hydrogens is 314 g/mol. The van der Waals surface area contributed by atoms with Crippen LogP contribution < -0.4 is 0 Å². The quantitative estimate of drug-likeness (QED) is 0.562. The predicted octanol–water partition coefficient (Wildman–Crippen LogP) is 3.47. The fourth-order valence-corrected chi connectivity index (χ4v) is 3.92. The van der Waals surface area contributed by atoms with Gasteiger partial charge in [-0.25, -0.2) is 0 Å². The first-order valence-electron chi connectivity index (χ1n) is 9.85. The molecule has 1 fully saturated rings. The monoisotopic (exact) mass is 343 g/mol. The van der Waals surface area contributed by atoms with Crippen LogP contribution in [0.1, 0.15) is 63.1 Å². The largest absolute Gasteiger partial charge is 0.381 e. The molecule has 5 heteroatoms. The molecule has 2 aliphatic carbocycles. The fourth-order valence-electron chi connectivity index (χ4n) is 3.92. The third kappa shape index (κ3) is 4.32. The van der Waals surface area contributed by atoms with Gasteiger partial charge in [-0.3, -0.25) is 9.48 Å². The van der Waals surface area contributed by atoms with E-state index in [0.717, 1.165) is 50.6 Å². The van der Waals surface area contributed by atoms with Crippen LogP contribution in [0.25, 0.3) is 0 Å². The van der Waals surface area contributed by atoms with Gasteiger partial charge in [0, 0.05) is 32.4 Å². The van der Waals surface area contributed by atoms with Crippen LogP contribution in [0.15, 0.2) is 23.9 Å². The van der Waals surface area contributed by atoms with E-state index in [9.17, 15) is 4.79 Å². The van der Waals surface area contributed by atoms with Gasteiger partial charge >= 0.3 is 0 Å². The summed E-state index contributed by atoms with van der Waals surface area (Å²) in [7, 11) is 0. The van der Waals surface area contributed by atoms with E-state index in [-0.39, 0.29) is 11.9 Å². The van der Waals surface area contributed by atoms with Gasteiger partial charge in [0.15, 0.2) is 0 Å². The number of ether oxygens (including phenoxy) is 1. The summed E-state index contributed by atoms with van der Waals surface area (Å²) < 4.78 is 7.92. The Kier molecular flexibility index (Phi) is 5.20. The molecule has 0 bridgehead atoms. The van der Waals surface area contributed by atoms with E-state index < -0.39 is 0 Å². The van der Waals surface area contributed by atoms with Crippen molar-refractivity contribution in [1.82, 2.24) is 14.7 Å². The number of allylic oxidation sites excluding steroid dienone is 1. The van der Waals surface area contributed by atoms with Gasteiger partial charge in [0.05, 0.1) is 18.3 Å². The van der Waals surface area contributed by atoms with E-state index in [1.807, 2.05) is 17.2 Å². The minimum Gasteiger partial charge on any atom is -0.381 e. The van der Waals surface area contributed by atoms with E-state index >= 15 is 0 Å². The van der Waals surface area contributed by atoms with Crippen LogP contribution in [0.3, 0.4) is 0 Å². The second-order valence-electron chi connectivity index (χ2n) is 7.79. The summed E-state index contributed by atoms with van der Waals surface area (Å²) >= 11 is 0. The van der Waals surface area contributed by atoms with Gasteiger partial charge < -0.3 is 9.64 Å². The molecule has 1 saturated carbocycles. The molecule has 0 spiro atoms. The Morgan fingerprint density at radius 3 is 3.04 bits per heavy atom. The summed E-state index contributed by atoms with van der Waals surface area (Å²) in [5.74, 6) is 1.07. The standard InChI is InChI=1S/C20H29N3O2/c24-20(12-16-4-2-1-3-5-16)22-13-18-8-10-21-23(18)19(14-22)9-11-25-15-17-6-7-17/h4,8,10,17,19H,1-3,5-7,9,11-15H2/t19-/m1/s1. The number of hydrogen-bond donors (Lipinski definition) is 0. The lowest BCUT2D eigenvalue weighted by Gasteiger charge is -2.34. The Morgan fingerprint density at radius 2 is 2.24 bits per heavy atom. The summed E-state index contributed by atoms with van der Waals surface area (Å²) in [6.45, 7) is 3.10. The molecule has 1 atom stereocenters. The Morgan fingerprint density at radius 1 is 1.32 bits per heavy atom. The molecular formula is C20H29N3O2. The van der Waals surface area contributed by atoms with E-state index in [4.69, 9.17) is 4.74 Å². The zero-order valence-corrected chi connectivity index (χ0v) is 15.0. The number of carbonyl (C=O) groups is 1. The Hall–Kier alpha value is -1.62. The molecule has 5 nitrogen and oxygen atoms in total. The van der Waals surface area contributed by atoms with Crippen LogP contribution in [0.4, 0.5) is 0 Å². The first kappa shape index (κ1) is 16.8. The van der Waals surface area contributed by atoms with Crippen LogP contribution in [-0.2, 0) is 16.1 Å². The number of fused-ring (bicyclic) bond motifs is 1. The summed E-state index contributed by atoms with van der Waals surface area (Å²) in [5, 5.41) is 4.49. The maximum Gasteiger partial charge on any atom is 0.227 e. The molecule has 0 aromatic carbocycles. The van der Waals surface area contributed by atoms with Crippen LogP contribution in [0.2, 0.25) is 0 Å². The van der Waals surface area contributed by atoms with Gasteiger partial charge in [0.25, 0.3) is 0 Å². The van der Waals surface area contributed by atoms with Gasteiger partial charge in [0.1, 0.15) is 0 Å². The van der Waals surface area contributed by atoms with E-state index in [1.54, 1.807) is 0 Å². The highest BCUT2D eigenvalue weighted by molar-refractivity contribution is 5.78. The summed E-state index contributed by atoms with van der Waals surface area (Å²) in [4.78, 5) is 14.8. The number of rotatable bonds is 7. The average Bonchev–Trinajstić information content (AvgIpc) is 3.33. The highest BCUT2D eigenvalue weighted by Crippen LogP contribution is 2.29. The zero-order valence-electron chi connectivity index (χ0n) is 15.0. The summed E-state index contributed by atoms with van der Waals surface area (Å²) in [6.07, 6.45) is 13.0. The third-order valence-electron chi connectivity index (χ3n) is 5.64. The van der Waals surface area contributed by atoms with Gasteiger partial charge in [-0.1, -0.05) is 11.6 Å². The van der Waals surface area contributed by atoms with Crippen molar-refractivity contribution in [2.24, 2.45) is 5.92 Å². The molecule has 136 valence electrons. The van der Waals surface area contributed by atoms with Crippen LogP contribution in [0, 0.1) is 5.92 Å². The Labute approximate surface area is 150 Å². The van der Waals surface area contributed by atoms with Crippen molar-refractivity contribution in [2.75, 3.05) is 19.8 Å². The normalized spacial score (nSPS) is 23.3. The predicted molar refractivity (Wildman–Crippen MR) is 96.0 cm³/mol. The van der Waals surface area contributed by atoms with Crippen molar-refractivity contribution in [3.63, 3.8) is 0 Å². The molecule has 4 rings (SSSR count). The number of nitrogens with zero attached hydrogens (tertiary/aromatic N) is 3. The lowest BCUT2D eigenvalue weighted by molar-refractivity contribution is -0.132. The van der Waals surface area contributed by atoms with Crippen molar-refractivity contribution in [1.29, 1.82) is 0 Å². The molecule has 0 saturated heterocycles. The molecule has 1 amide bonds. The molecule has 2 heterocycles. The molecule has 0 N–H and O–H groups in total. The molecule has 1 aliphatic heterocycles. The minimum atomic E-state index is 0.238. The average molecular weight is 343 g/mol. The first-order chi connectivity index (χ1) is 12.3. The van der Waals surface area contributed by atoms with Crippen molar-refractivity contribution >= 4 is 5.91 Å². The molecule has 0 radical (unpaired) electrons. The van der Waals surface area contributed by atoms with Crippen molar-refractivity contribution in [2.45, 2.75) is 64.0 Å². The molecule has 0 unspecified atom stereocenters. The Balaban J connectivity index is 1.34. The van der Waals surface area contributed by atoms with E-state index in [1.165, 1.54) is 31.3 Å². The maximum absolute atomic E-state index is 12.8. The van der Waals surface area contributed by atoms with Crippen molar-refractivity contribution < 1.29 is 9.53 Å². The van der Waals surface area contributed by atoms with Gasteiger partial charge in [-0.05, 0) is 56.9 Å². The van der Waals surface area contributed by atoms with Gasteiger partial charge in [-0.2, -0.15) is 5.10 Å². The smallest absolute Gasteiger partial charge is 0.227 e. The number of amides is 1. The highest BCUT2D eigenvalue weighted by Gasteiger charge is 2.29. The van der Waals surface area contributed by atoms with Gasteiger partial charge in [0.2, 0.25) is 5.91 Å². The number of carbonyl (C=O) groups excluding carboxylic acids is 1. The third-order valence-corrected chi connectivity index (χ3v) is 5.64. The van der Waals surface area contributed by atoms with Crippen LogP contribution in [-0.4, -0.2) is 40.3 Å². The molecule has 25 heavy (non-hydrogen) atoms. The number of hydrogen-bond acceptors (Lipinski definition) is 3. The Bertz CT molecular complexity index is 633. The molecule has 1 aromatic heterocycles. The first-order valence-corrected chi connectivity index (χ1v) is 9.85. The summed E-state index contributed by atoms with van der Waals surface area (Å²) in [6, 6.07) is 2.28. The van der Waals surface area contributed by atoms with E-state index in [0.29, 0.717) is 13.0 Å². The van der Waals surface area contributed by atoms with Crippen LogP contribution in [0.5, 0.6) is 0 Å². The van der Waals surface area contributed by atoms with Crippen LogP contribution >= 0.6 is 0 Å². The van der Waals surface area contributed by atoms with E-state index in [2.05, 4.69) is 15.9 Å². The highest BCUT2D eigenvalue weighted by atomic mass is 16.5. The molecule has 3 aliphatic rings. The minimum absolute atomic E-state index is 0.238. The number of aromatic nitrogens is 2. The fraction of sp³-hybridized carbons (Fsp3) is 0.700. The van der Waals surface area contributed by atoms with Gasteiger partial charge in [-0.15, -0.1) is 0 Å².